The summed E-state index contributed by atoms with van der Waals surface area (Å²) in [6, 6.07) is 5.86. The molecule has 1 saturated heterocycles. The maximum Gasteiger partial charge on any atom is 0.152 e. The number of rotatable bonds is 5. The average molecular weight is 269 g/mol. The molecule has 0 unspecified atom stereocenters. The Morgan fingerprint density at radius 1 is 1.28 bits per heavy atom. The third-order valence-corrected chi connectivity index (χ3v) is 4.68. The average Bonchev–Trinajstić information content (AvgIpc) is 2.37. The highest BCUT2D eigenvalue weighted by atomic mass is 32.2. The minimum atomic E-state index is -2.76. The van der Waals surface area contributed by atoms with Gasteiger partial charge >= 0.3 is 0 Å². The topological polar surface area (TPSA) is 62.3 Å². The van der Waals surface area contributed by atoms with Crippen LogP contribution in [0.2, 0.25) is 0 Å². The minimum absolute atomic E-state index is 0.299. The number of sulfone groups is 1. The van der Waals surface area contributed by atoms with Crippen LogP contribution in [0.5, 0.6) is 0 Å². The summed E-state index contributed by atoms with van der Waals surface area (Å²) >= 11 is 0. The van der Waals surface area contributed by atoms with Crippen LogP contribution in [0.3, 0.4) is 0 Å². The first-order chi connectivity index (χ1) is 8.66. The van der Waals surface area contributed by atoms with Gasteiger partial charge in [0.15, 0.2) is 9.84 Å². The predicted octanol–water partition coefficient (Wildman–Crippen LogP) is -0.0984. The molecule has 0 atom stereocenters. The van der Waals surface area contributed by atoms with Crippen molar-refractivity contribution in [3.63, 3.8) is 0 Å². The first-order valence-electron chi connectivity index (χ1n) is 6.19. The number of nitrogens with one attached hydrogen (secondary N) is 1. The highest BCUT2D eigenvalue weighted by molar-refractivity contribution is 7.91. The lowest BCUT2D eigenvalue weighted by Gasteiger charge is -2.26. The van der Waals surface area contributed by atoms with E-state index in [-0.39, 0.29) is 0 Å². The van der Waals surface area contributed by atoms with E-state index < -0.39 is 9.84 Å². The summed E-state index contributed by atoms with van der Waals surface area (Å²) in [5.74, 6) is 0.598. The van der Waals surface area contributed by atoms with Crippen molar-refractivity contribution in [3.8, 4) is 0 Å². The number of hydrogen-bond acceptors (Lipinski definition) is 5. The van der Waals surface area contributed by atoms with Gasteiger partial charge in [-0.15, -0.1) is 0 Å². The van der Waals surface area contributed by atoms with Gasteiger partial charge < -0.3 is 10.2 Å². The van der Waals surface area contributed by atoms with E-state index in [9.17, 15) is 8.42 Å². The molecule has 18 heavy (non-hydrogen) atoms. The van der Waals surface area contributed by atoms with Crippen LogP contribution in [-0.4, -0.2) is 56.0 Å². The van der Waals surface area contributed by atoms with Crippen molar-refractivity contribution in [3.05, 3.63) is 30.1 Å². The third kappa shape index (κ3) is 4.36. The van der Waals surface area contributed by atoms with Crippen molar-refractivity contribution in [2.24, 2.45) is 0 Å². The molecular formula is C12H19N3O2S. The minimum Gasteiger partial charge on any atom is -0.310 e. The van der Waals surface area contributed by atoms with Crippen molar-refractivity contribution >= 4 is 9.84 Å². The second kappa shape index (κ2) is 6.26. The van der Waals surface area contributed by atoms with Gasteiger partial charge in [0.05, 0.1) is 17.2 Å². The number of aromatic nitrogens is 1. The number of nitrogens with zero attached hydrogens (tertiary/aromatic N) is 2. The lowest BCUT2D eigenvalue weighted by atomic mass is 10.3. The summed E-state index contributed by atoms with van der Waals surface area (Å²) in [5.41, 5.74) is 1.03. The molecule has 1 fully saturated rings. The number of hydrogen-bond donors (Lipinski definition) is 1. The van der Waals surface area contributed by atoms with Gasteiger partial charge in [0, 0.05) is 38.9 Å². The summed E-state index contributed by atoms with van der Waals surface area (Å²) in [5, 5.41) is 3.32. The van der Waals surface area contributed by atoms with Gasteiger partial charge in [0.1, 0.15) is 0 Å². The zero-order valence-electron chi connectivity index (χ0n) is 10.4. The Morgan fingerprint density at radius 3 is 2.72 bits per heavy atom. The molecule has 0 radical (unpaired) electrons. The second-order valence-electron chi connectivity index (χ2n) is 4.49. The fourth-order valence-electron chi connectivity index (χ4n) is 1.93. The molecule has 0 amide bonds. The molecule has 0 spiro atoms. The fourth-order valence-corrected chi connectivity index (χ4v) is 3.21. The van der Waals surface area contributed by atoms with Gasteiger partial charge in [-0.05, 0) is 12.1 Å². The smallest absolute Gasteiger partial charge is 0.152 e. The van der Waals surface area contributed by atoms with Crippen molar-refractivity contribution in [1.29, 1.82) is 0 Å². The lowest BCUT2D eigenvalue weighted by Crippen LogP contribution is -2.43. The molecule has 5 nitrogen and oxygen atoms in total. The molecule has 100 valence electrons. The van der Waals surface area contributed by atoms with Gasteiger partial charge in [0.2, 0.25) is 0 Å². The van der Waals surface area contributed by atoms with Crippen molar-refractivity contribution in [1.82, 2.24) is 15.2 Å². The quantitative estimate of drug-likeness (QED) is 0.757. The molecule has 1 N–H and O–H groups in total. The van der Waals surface area contributed by atoms with E-state index in [1.807, 2.05) is 18.2 Å². The third-order valence-electron chi connectivity index (χ3n) is 3.07. The highest BCUT2D eigenvalue weighted by Gasteiger charge is 2.20. The Labute approximate surface area is 108 Å². The van der Waals surface area contributed by atoms with Gasteiger partial charge in [-0.2, -0.15) is 0 Å². The van der Waals surface area contributed by atoms with Gasteiger partial charge in [-0.25, -0.2) is 8.42 Å². The SMILES string of the molecule is O=S1(=O)CCN(CCNCc2ccccn2)CC1. The molecular weight excluding hydrogens is 250 g/mol. The molecule has 1 aromatic heterocycles. The highest BCUT2D eigenvalue weighted by Crippen LogP contribution is 2.02. The first-order valence-corrected chi connectivity index (χ1v) is 8.01. The summed E-state index contributed by atoms with van der Waals surface area (Å²) in [7, 11) is -2.76. The molecule has 0 bridgehead atoms. The molecule has 2 rings (SSSR count). The molecule has 2 heterocycles. The summed E-state index contributed by atoms with van der Waals surface area (Å²) < 4.78 is 22.5. The van der Waals surface area contributed by atoms with Crippen LogP contribution >= 0.6 is 0 Å². The summed E-state index contributed by atoms with van der Waals surface area (Å²) in [6.45, 7) is 3.83. The van der Waals surface area contributed by atoms with Crippen LogP contribution in [0.1, 0.15) is 5.69 Å². The Kier molecular flexibility index (Phi) is 4.68. The van der Waals surface area contributed by atoms with E-state index in [0.29, 0.717) is 24.6 Å². The second-order valence-corrected chi connectivity index (χ2v) is 6.79. The molecule has 1 aliphatic heterocycles. The maximum atomic E-state index is 11.3. The Morgan fingerprint density at radius 2 is 2.06 bits per heavy atom. The van der Waals surface area contributed by atoms with E-state index in [4.69, 9.17) is 0 Å². The van der Waals surface area contributed by atoms with E-state index in [0.717, 1.165) is 25.3 Å². The molecule has 0 aromatic carbocycles. The Bertz CT molecular complexity index is 447. The predicted molar refractivity (Wildman–Crippen MR) is 71.0 cm³/mol. The lowest BCUT2D eigenvalue weighted by molar-refractivity contribution is 0.294. The van der Waals surface area contributed by atoms with Crippen LogP contribution in [-0.2, 0) is 16.4 Å². The van der Waals surface area contributed by atoms with Gasteiger partial charge in [0.25, 0.3) is 0 Å². The van der Waals surface area contributed by atoms with Crippen LogP contribution in [0.4, 0.5) is 0 Å². The Balaban J connectivity index is 1.62. The zero-order valence-corrected chi connectivity index (χ0v) is 11.2. The summed E-state index contributed by atoms with van der Waals surface area (Å²) in [4.78, 5) is 6.41. The molecule has 0 aliphatic carbocycles. The largest absolute Gasteiger partial charge is 0.310 e. The van der Waals surface area contributed by atoms with Crippen LogP contribution in [0.15, 0.2) is 24.4 Å². The van der Waals surface area contributed by atoms with Crippen LogP contribution < -0.4 is 5.32 Å². The normalized spacial score (nSPS) is 19.8. The van der Waals surface area contributed by atoms with E-state index >= 15 is 0 Å². The molecule has 1 aromatic rings. The van der Waals surface area contributed by atoms with E-state index in [1.165, 1.54) is 0 Å². The van der Waals surface area contributed by atoms with Crippen LogP contribution in [0.25, 0.3) is 0 Å². The maximum absolute atomic E-state index is 11.3. The Hall–Kier alpha value is -0.980. The zero-order chi connectivity index (χ0) is 12.8. The van der Waals surface area contributed by atoms with Gasteiger partial charge in [-0.3, -0.25) is 4.98 Å². The number of pyridine rings is 1. The van der Waals surface area contributed by atoms with E-state index in [2.05, 4.69) is 15.2 Å². The van der Waals surface area contributed by atoms with Crippen molar-refractivity contribution in [2.45, 2.75) is 6.54 Å². The standard InChI is InChI=1S/C12H19N3O2S/c16-18(17)9-7-15(8-10-18)6-5-13-11-12-3-1-2-4-14-12/h1-4,13H,5-11H2. The monoisotopic (exact) mass is 269 g/mol. The molecule has 0 saturated carbocycles. The van der Waals surface area contributed by atoms with Gasteiger partial charge in [-0.1, -0.05) is 6.07 Å². The van der Waals surface area contributed by atoms with Crippen molar-refractivity contribution in [2.75, 3.05) is 37.7 Å². The summed E-state index contributed by atoms with van der Waals surface area (Å²) in [6.07, 6.45) is 1.78. The van der Waals surface area contributed by atoms with Crippen molar-refractivity contribution < 1.29 is 8.42 Å². The van der Waals surface area contributed by atoms with Crippen LogP contribution in [0, 0.1) is 0 Å². The molecule has 1 aliphatic rings. The van der Waals surface area contributed by atoms with E-state index in [1.54, 1.807) is 6.20 Å². The fraction of sp³-hybridized carbons (Fsp3) is 0.583. The molecule has 6 heteroatoms. The first kappa shape index (κ1) is 13.5.